The zero-order valence-corrected chi connectivity index (χ0v) is 12.9. The van der Waals surface area contributed by atoms with Gasteiger partial charge in [0, 0.05) is 12.6 Å². The van der Waals surface area contributed by atoms with Crippen LogP contribution in [0.25, 0.3) is 6.08 Å². The Morgan fingerprint density at radius 1 is 1.38 bits per heavy atom. The number of hydrogen-bond acceptors (Lipinski definition) is 3. The third-order valence-corrected chi connectivity index (χ3v) is 3.55. The van der Waals surface area contributed by atoms with E-state index in [2.05, 4.69) is 5.32 Å². The van der Waals surface area contributed by atoms with E-state index in [-0.39, 0.29) is 5.91 Å². The molecule has 4 heteroatoms. The van der Waals surface area contributed by atoms with E-state index in [1.807, 2.05) is 54.1 Å². The van der Waals surface area contributed by atoms with E-state index in [4.69, 9.17) is 4.74 Å². The van der Waals surface area contributed by atoms with Crippen molar-refractivity contribution in [3.63, 3.8) is 0 Å². The zero-order valence-electron chi connectivity index (χ0n) is 12.0. The molecule has 3 nitrogen and oxygen atoms in total. The molecule has 2 rings (SSSR count). The Morgan fingerprint density at radius 3 is 3.05 bits per heavy atom. The van der Waals surface area contributed by atoms with E-state index in [1.165, 1.54) is 5.56 Å². The average Bonchev–Trinajstić information content (AvgIpc) is 2.98. The zero-order chi connectivity index (χ0) is 14.9. The van der Waals surface area contributed by atoms with E-state index in [1.54, 1.807) is 17.4 Å². The molecular weight excluding hydrogens is 282 g/mol. The Bertz CT molecular complexity index is 591. The number of nitrogens with one attached hydrogen (secondary N) is 1. The quantitative estimate of drug-likeness (QED) is 0.626. The van der Waals surface area contributed by atoms with Crippen molar-refractivity contribution in [1.82, 2.24) is 5.32 Å². The topological polar surface area (TPSA) is 38.3 Å². The van der Waals surface area contributed by atoms with Gasteiger partial charge in [-0.3, -0.25) is 4.79 Å². The van der Waals surface area contributed by atoms with Crippen LogP contribution in [0.15, 0.2) is 47.2 Å². The number of carbonyl (C=O) groups excluding carboxylic acids is 1. The van der Waals surface area contributed by atoms with Gasteiger partial charge in [-0.05, 0) is 59.5 Å². The minimum absolute atomic E-state index is 0.0724. The number of amides is 1. The monoisotopic (exact) mass is 301 g/mol. The summed E-state index contributed by atoms with van der Waals surface area (Å²) in [4.78, 5) is 11.6. The van der Waals surface area contributed by atoms with Crippen molar-refractivity contribution in [2.24, 2.45) is 0 Å². The summed E-state index contributed by atoms with van der Waals surface area (Å²) in [5, 5.41) is 6.83. The maximum Gasteiger partial charge on any atom is 0.244 e. The highest BCUT2D eigenvalue weighted by molar-refractivity contribution is 7.08. The fraction of sp³-hybridized carbons (Fsp3) is 0.235. The Labute approximate surface area is 129 Å². The van der Waals surface area contributed by atoms with Crippen LogP contribution in [0.3, 0.4) is 0 Å². The van der Waals surface area contributed by atoms with Crippen molar-refractivity contribution < 1.29 is 9.53 Å². The second-order valence-electron chi connectivity index (χ2n) is 4.70. The molecule has 110 valence electrons. The van der Waals surface area contributed by atoms with Crippen LogP contribution in [0.5, 0.6) is 5.75 Å². The third-order valence-electron chi connectivity index (χ3n) is 2.85. The summed E-state index contributed by atoms with van der Waals surface area (Å²) in [5.74, 6) is 0.801. The lowest BCUT2D eigenvalue weighted by Gasteiger charge is -2.07. The van der Waals surface area contributed by atoms with E-state index in [0.717, 1.165) is 17.7 Å². The molecule has 0 spiro atoms. The first-order chi connectivity index (χ1) is 10.2. The highest BCUT2D eigenvalue weighted by Gasteiger charge is 1.97. The maximum absolute atomic E-state index is 11.6. The van der Waals surface area contributed by atoms with Gasteiger partial charge in [0.1, 0.15) is 5.75 Å². The van der Waals surface area contributed by atoms with Crippen molar-refractivity contribution in [3.05, 3.63) is 58.3 Å². The molecule has 0 aliphatic rings. The van der Waals surface area contributed by atoms with Crippen LogP contribution in [0.2, 0.25) is 0 Å². The van der Waals surface area contributed by atoms with Crippen molar-refractivity contribution in [2.75, 3.05) is 13.2 Å². The van der Waals surface area contributed by atoms with Gasteiger partial charge in [-0.25, -0.2) is 0 Å². The molecule has 1 amide bonds. The highest BCUT2D eigenvalue weighted by Crippen LogP contribution is 2.12. The minimum atomic E-state index is -0.0724. The second kappa shape index (κ2) is 8.27. The minimum Gasteiger partial charge on any atom is -0.494 e. The largest absolute Gasteiger partial charge is 0.494 e. The number of hydrogen-bond donors (Lipinski definition) is 1. The summed E-state index contributed by atoms with van der Waals surface area (Å²) in [6.45, 7) is 3.24. The number of rotatable bonds is 7. The van der Waals surface area contributed by atoms with Crippen molar-refractivity contribution in [3.8, 4) is 5.75 Å². The van der Waals surface area contributed by atoms with Gasteiger partial charge in [0.25, 0.3) is 0 Å². The molecule has 0 saturated carbocycles. The standard InChI is InChI=1S/C17H19NO2S/c1-14-4-2-5-16(12-14)20-10-3-9-18-17(19)7-6-15-8-11-21-13-15/h2,4-8,11-13H,3,9-10H2,1H3,(H,18,19)/b7-6+. The van der Waals surface area contributed by atoms with Crippen molar-refractivity contribution >= 4 is 23.3 Å². The Morgan fingerprint density at radius 2 is 2.29 bits per heavy atom. The molecule has 0 saturated heterocycles. The van der Waals surface area contributed by atoms with Gasteiger partial charge in [-0.15, -0.1) is 0 Å². The van der Waals surface area contributed by atoms with E-state index in [0.29, 0.717) is 13.2 Å². The summed E-state index contributed by atoms with van der Waals surface area (Å²) in [6.07, 6.45) is 4.16. The molecule has 0 unspecified atom stereocenters. The first-order valence-electron chi connectivity index (χ1n) is 6.91. The molecule has 0 bridgehead atoms. The lowest BCUT2D eigenvalue weighted by molar-refractivity contribution is -0.116. The van der Waals surface area contributed by atoms with Crippen LogP contribution in [-0.2, 0) is 4.79 Å². The molecule has 0 aliphatic heterocycles. The number of carbonyl (C=O) groups is 1. The summed E-state index contributed by atoms with van der Waals surface area (Å²) in [6, 6.07) is 9.93. The van der Waals surface area contributed by atoms with Gasteiger partial charge < -0.3 is 10.1 Å². The summed E-state index contributed by atoms with van der Waals surface area (Å²) >= 11 is 1.62. The van der Waals surface area contributed by atoms with Gasteiger partial charge in [0.15, 0.2) is 0 Å². The first-order valence-corrected chi connectivity index (χ1v) is 7.86. The smallest absolute Gasteiger partial charge is 0.244 e. The van der Waals surface area contributed by atoms with E-state index in [9.17, 15) is 4.79 Å². The Kier molecular flexibility index (Phi) is 6.03. The van der Waals surface area contributed by atoms with Crippen LogP contribution < -0.4 is 10.1 Å². The molecule has 1 N–H and O–H groups in total. The fourth-order valence-electron chi connectivity index (χ4n) is 1.78. The van der Waals surface area contributed by atoms with Gasteiger partial charge in [0.05, 0.1) is 6.61 Å². The average molecular weight is 301 g/mol. The Balaban J connectivity index is 1.60. The van der Waals surface area contributed by atoms with Crippen molar-refractivity contribution in [2.45, 2.75) is 13.3 Å². The van der Waals surface area contributed by atoms with E-state index < -0.39 is 0 Å². The predicted octanol–water partition coefficient (Wildman–Crippen LogP) is 3.66. The van der Waals surface area contributed by atoms with Crippen LogP contribution >= 0.6 is 11.3 Å². The summed E-state index contributed by atoms with van der Waals surface area (Å²) < 4.78 is 5.62. The lowest BCUT2D eigenvalue weighted by atomic mass is 10.2. The fourth-order valence-corrected chi connectivity index (χ4v) is 2.41. The van der Waals surface area contributed by atoms with Crippen LogP contribution in [0, 0.1) is 6.92 Å². The van der Waals surface area contributed by atoms with Crippen molar-refractivity contribution in [1.29, 1.82) is 0 Å². The molecule has 0 radical (unpaired) electrons. The number of thiophene rings is 1. The molecule has 0 aliphatic carbocycles. The van der Waals surface area contributed by atoms with Crippen LogP contribution in [-0.4, -0.2) is 19.1 Å². The Hall–Kier alpha value is -2.07. The number of aryl methyl sites for hydroxylation is 1. The lowest BCUT2D eigenvalue weighted by Crippen LogP contribution is -2.23. The molecule has 0 atom stereocenters. The number of ether oxygens (including phenoxy) is 1. The molecule has 2 aromatic rings. The van der Waals surface area contributed by atoms with Gasteiger partial charge in [-0.2, -0.15) is 11.3 Å². The molecular formula is C17H19NO2S. The SMILES string of the molecule is Cc1cccc(OCCCNC(=O)/C=C/c2ccsc2)c1. The van der Waals surface area contributed by atoms with Crippen LogP contribution in [0.4, 0.5) is 0 Å². The number of benzene rings is 1. The summed E-state index contributed by atoms with van der Waals surface area (Å²) in [7, 11) is 0. The van der Waals surface area contributed by atoms with Gasteiger partial charge >= 0.3 is 0 Å². The van der Waals surface area contributed by atoms with Crippen LogP contribution in [0.1, 0.15) is 17.5 Å². The van der Waals surface area contributed by atoms with Gasteiger partial charge in [0.2, 0.25) is 5.91 Å². The molecule has 1 aromatic heterocycles. The maximum atomic E-state index is 11.6. The predicted molar refractivity (Wildman–Crippen MR) is 87.7 cm³/mol. The molecule has 0 fully saturated rings. The molecule has 1 aromatic carbocycles. The summed E-state index contributed by atoms with van der Waals surface area (Å²) in [5.41, 5.74) is 2.23. The van der Waals surface area contributed by atoms with Gasteiger partial charge in [-0.1, -0.05) is 12.1 Å². The third kappa shape index (κ3) is 5.83. The normalized spacial score (nSPS) is 10.7. The second-order valence-corrected chi connectivity index (χ2v) is 5.48. The highest BCUT2D eigenvalue weighted by atomic mass is 32.1. The molecule has 21 heavy (non-hydrogen) atoms. The first kappa shape index (κ1) is 15.3. The molecule has 1 heterocycles. The van der Waals surface area contributed by atoms with E-state index >= 15 is 0 Å².